The largest absolute Gasteiger partial charge is 0.488 e. The van der Waals surface area contributed by atoms with Gasteiger partial charge in [0.1, 0.15) is 17.5 Å². The molecule has 0 saturated carbocycles. The number of amides is 1. The molecule has 2 saturated heterocycles. The Balaban J connectivity index is 1.50. The van der Waals surface area contributed by atoms with Gasteiger partial charge in [-0.25, -0.2) is 9.48 Å². The Hall–Kier alpha value is -2.28. The molecule has 0 aliphatic carbocycles. The maximum atomic E-state index is 12.5. The van der Waals surface area contributed by atoms with Crippen LogP contribution < -0.4 is 4.74 Å². The van der Waals surface area contributed by atoms with E-state index in [4.69, 9.17) is 14.2 Å². The smallest absolute Gasteiger partial charge is 0.410 e. The highest BCUT2D eigenvalue weighted by Crippen LogP contribution is 2.31. The van der Waals surface area contributed by atoms with Crippen molar-refractivity contribution >= 4 is 17.0 Å². The lowest BCUT2D eigenvalue weighted by atomic mass is 10.1. The third kappa shape index (κ3) is 4.72. The summed E-state index contributed by atoms with van der Waals surface area (Å²) >= 11 is 0. The van der Waals surface area contributed by atoms with E-state index in [1.54, 1.807) is 4.90 Å². The fourth-order valence-corrected chi connectivity index (χ4v) is 4.17. The first-order valence-corrected chi connectivity index (χ1v) is 11.0. The molecular weight excluding hydrogens is 382 g/mol. The molecule has 2 aromatic rings. The second-order valence-electron chi connectivity index (χ2n) is 9.40. The van der Waals surface area contributed by atoms with Crippen molar-refractivity contribution in [3.8, 4) is 5.75 Å². The summed E-state index contributed by atoms with van der Waals surface area (Å²) in [6, 6.07) is 4.19. The van der Waals surface area contributed by atoms with Crippen LogP contribution in [0.2, 0.25) is 0 Å². The molecule has 2 fully saturated rings. The molecule has 2 aliphatic heterocycles. The number of aryl methyl sites for hydroxylation is 1. The van der Waals surface area contributed by atoms with Gasteiger partial charge in [-0.3, -0.25) is 0 Å². The molecule has 7 nitrogen and oxygen atoms in total. The van der Waals surface area contributed by atoms with Crippen molar-refractivity contribution in [2.45, 2.75) is 77.7 Å². The molecule has 0 spiro atoms. The highest BCUT2D eigenvalue weighted by Gasteiger charge is 2.29. The third-order valence-corrected chi connectivity index (χ3v) is 5.64. The first kappa shape index (κ1) is 21.0. The minimum absolute atomic E-state index is 0.0100. The minimum atomic E-state index is -0.494. The monoisotopic (exact) mass is 415 g/mol. The van der Waals surface area contributed by atoms with Crippen LogP contribution in [0.3, 0.4) is 0 Å². The number of fused-ring (bicyclic) bond motifs is 1. The van der Waals surface area contributed by atoms with Gasteiger partial charge in [0.2, 0.25) is 0 Å². The summed E-state index contributed by atoms with van der Waals surface area (Å²) in [7, 11) is 0. The molecule has 7 heteroatoms. The molecule has 3 heterocycles. The number of hydrogen-bond acceptors (Lipinski definition) is 5. The van der Waals surface area contributed by atoms with E-state index < -0.39 is 5.60 Å². The number of carbonyl (C=O) groups is 1. The van der Waals surface area contributed by atoms with Gasteiger partial charge in [-0.15, -0.1) is 0 Å². The summed E-state index contributed by atoms with van der Waals surface area (Å²) < 4.78 is 19.8. The number of piperidine rings is 1. The maximum absolute atomic E-state index is 12.5. The Kier molecular flexibility index (Phi) is 5.91. The van der Waals surface area contributed by atoms with Gasteiger partial charge in [-0.2, -0.15) is 5.10 Å². The Labute approximate surface area is 178 Å². The lowest BCUT2D eigenvalue weighted by Crippen LogP contribution is -2.46. The van der Waals surface area contributed by atoms with Crippen molar-refractivity contribution < 1.29 is 19.0 Å². The highest BCUT2D eigenvalue weighted by molar-refractivity contribution is 5.81. The first-order valence-electron chi connectivity index (χ1n) is 11.0. The molecule has 2 atom stereocenters. The second kappa shape index (κ2) is 8.46. The van der Waals surface area contributed by atoms with E-state index in [9.17, 15) is 4.79 Å². The summed E-state index contributed by atoms with van der Waals surface area (Å²) in [5.41, 5.74) is 1.61. The molecule has 164 valence electrons. The van der Waals surface area contributed by atoms with Crippen molar-refractivity contribution in [2.75, 3.05) is 19.7 Å². The van der Waals surface area contributed by atoms with Gasteiger partial charge >= 0.3 is 6.09 Å². The van der Waals surface area contributed by atoms with Gasteiger partial charge in [0.25, 0.3) is 0 Å². The van der Waals surface area contributed by atoms with E-state index in [0.717, 1.165) is 60.9 Å². The van der Waals surface area contributed by atoms with Gasteiger partial charge in [0, 0.05) is 24.6 Å². The van der Waals surface area contributed by atoms with Crippen LogP contribution in [-0.2, 0) is 9.47 Å². The van der Waals surface area contributed by atoms with Crippen LogP contribution in [0.15, 0.2) is 18.3 Å². The fourth-order valence-electron chi connectivity index (χ4n) is 4.17. The zero-order valence-electron chi connectivity index (χ0n) is 18.5. The maximum Gasteiger partial charge on any atom is 0.410 e. The summed E-state index contributed by atoms with van der Waals surface area (Å²) in [6.45, 7) is 9.75. The van der Waals surface area contributed by atoms with Gasteiger partial charge < -0.3 is 19.1 Å². The highest BCUT2D eigenvalue weighted by atomic mass is 16.6. The van der Waals surface area contributed by atoms with Crippen LogP contribution in [0.25, 0.3) is 10.9 Å². The van der Waals surface area contributed by atoms with E-state index >= 15 is 0 Å². The van der Waals surface area contributed by atoms with Crippen molar-refractivity contribution in [3.63, 3.8) is 0 Å². The van der Waals surface area contributed by atoms with Crippen LogP contribution in [-0.4, -0.2) is 52.2 Å². The zero-order chi connectivity index (χ0) is 21.3. The topological polar surface area (TPSA) is 65.8 Å². The second-order valence-corrected chi connectivity index (χ2v) is 9.40. The van der Waals surface area contributed by atoms with Crippen LogP contribution in [0.4, 0.5) is 4.79 Å². The number of nitrogens with zero attached hydrogens (tertiary/aromatic N) is 3. The Bertz CT molecular complexity index is 896. The number of aromatic nitrogens is 2. The summed E-state index contributed by atoms with van der Waals surface area (Å²) in [5.74, 6) is 0.844. The summed E-state index contributed by atoms with van der Waals surface area (Å²) in [5, 5.41) is 5.67. The third-order valence-electron chi connectivity index (χ3n) is 5.64. The number of benzene rings is 1. The van der Waals surface area contributed by atoms with Gasteiger partial charge in [0.05, 0.1) is 18.3 Å². The zero-order valence-corrected chi connectivity index (χ0v) is 18.5. The number of hydrogen-bond donors (Lipinski definition) is 0. The summed E-state index contributed by atoms with van der Waals surface area (Å²) in [4.78, 5) is 14.2. The Morgan fingerprint density at radius 3 is 2.77 bits per heavy atom. The molecule has 1 aromatic carbocycles. The van der Waals surface area contributed by atoms with Crippen molar-refractivity contribution in [1.29, 1.82) is 0 Å². The number of carbonyl (C=O) groups excluding carboxylic acids is 1. The quantitative estimate of drug-likeness (QED) is 0.719. The van der Waals surface area contributed by atoms with Crippen LogP contribution in [0.1, 0.15) is 64.7 Å². The van der Waals surface area contributed by atoms with E-state index in [2.05, 4.69) is 24.2 Å². The first-order chi connectivity index (χ1) is 14.3. The minimum Gasteiger partial charge on any atom is -0.488 e. The van der Waals surface area contributed by atoms with E-state index in [-0.39, 0.29) is 18.4 Å². The predicted octanol–water partition coefficient (Wildman–Crippen LogP) is 4.82. The lowest BCUT2D eigenvalue weighted by molar-refractivity contribution is -0.0367. The summed E-state index contributed by atoms with van der Waals surface area (Å²) in [6.07, 6.45) is 6.64. The predicted molar refractivity (Wildman–Crippen MR) is 115 cm³/mol. The Morgan fingerprint density at radius 1 is 1.20 bits per heavy atom. The Morgan fingerprint density at radius 2 is 2.03 bits per heavy atom. The average molecular weight is 416 g/mol. The molecule has 1 aromatic heterocycles. The van der Waals surface area contributed by atoms with Crippen LogP contribution in [0, 0.1) is 6.92 Å². The number of likely N-dealkylation sites (tertiary alicyclic amines) is 1. The molecule has 0 radical (unpaired) electrons. The van der Waals surface area contributed by atoms with Crippen LogP contribution >= 0.6 is 0 Å². The van der Waals surface area contributed by atoms with Gasteiger partial charge in [-0.05, 0) is 71.4 Å². The number of ether oxygens (including phenoxy) is 3. The van der Waals surface area contributed by atoms with Crippen molar-refractivity contribution in [3.05, 3.63) is 23.9 Å². The molecule has 30 heavy (non-hydrogen) atoms. The molecule has 0 N–H and O–H groups in total. The van der Waals surface area contributed by atoms with Gasteiger partial charge in [-0.1, -0.05) is 0 Å². The molecule has 1 unspecified atom stereocenters. The van der Waals surface area contributed by atoms with Gasteiger partial charge in [0.15, 0.2) is 6.23 Å². The fraction of sp³-hybridized carbons (Fsp3) is 0.652. The van der Waals surface area contributed by atoms with E-state index in [1.165, 1.54) is 0 Å². The van der Waals surface area contributed by atoms with E-state index in [0.29, 0.717) is 13.1 Å². The average Bonchev–Trinajstić information content (AvgIpc) is 3.10. The SMILES string of the molecule is Cc1cc2cnn(C3CCCCO3)c2cc1O[C@@H]1CCCN(C(=O)OC(C)(C)C)C1. The lowest BCUT2D eigenvalue weighted by Gasteiger charge is -2.34. The standard InChI is InChI=1S/C23H33N3O4/c1-16-12-17-14-24-26(21-9-5-6-11-28-21)19(17)13-20(16)29-18-8-7-10-25(15-18)22(27)30-23(2,3)4/h12-14,18,21H,5-11,15H2,1-4H3/t18-,21?/m1/s1. The molecule has 4 rings (SSSR count). The van der Waals surface area contributed by atoms with E-state index in [1.807, 2.05) is 31.6 Å². The van der Waals surface area contributed by atoms with Crippen molar-refractivity contribution in [2.24, 2.45) is 0 Å². The molecule has 0 bridgehead atoms. The van der Waals surface area contributed by atoms with Crippen LogP contribution in [0.5, 0.6) is 5.75 Å². The number of rotatable bonds is 3. The normalized spacial score (nSPS) is 22.9. The van der Waals surface area contributed by atoms with Crippen molar-refractivity contribution in [1.82, 2.24) is 14.7 Å². The molecule has 1 amide bonds. The molecular formula is C23H33N3O4. The molecule has 2 aliphatic rings.